The van der Waals surface area contributed by atoms with E-state index in [1.807, 2.05) is 13.0 Å². The molecule has 28 heavy (non-hydrogen) atoms. The average molecular weight is 401 g/mol. The number of carbonyl (C=O) groups excluding carboxylic acids is 2. The number of carbonyl (C=O) groups is 2. The van der Waals surface area contributed by atoms with Crippen LogP contribution in [-0.4, -0.2) is 21.5 Å². The van der Waals surface area contributed by atoms with Gasteiger partial charge in [-0.1, -0.05) is 6.92 Å². The summed E-state index contributed by atoms with van der Waals surface area (Å²) in [5.74, 6) is -2.45. The van der Waals surface area contributed by atoms with Gasteiger partial charge in [-0.25, -0.2) is 13.5 Å². The Hall–Kier alpha value is -2.87. The molecule has 1 aromatic carbocycles. The molecule has 0 fully saturated rings. The summed E-state index contributed by atoms with van der Waals surface area (Å²) in [6.45, 7) is 3.72. The molecule has 1 aliphatic rings. The highest BCUT2D eigenvalue weighted by atomic mass is 32.1. The van der Waals surface area contributed by atoms with Crippen LogP contribution in [0.5, 0.6) is 0 Å². The fourth-order valence-electron chi connectivity index (χ4n) is 3.47. The van der Waals surface area contributed by atoms with Crippen LogP contribution in [0.15, 0.2) is 30.3 Å². The van der Waals surface area contributed by atoms with E-state index in [9.17, 15) is 18.4 Å². The van der Waals surface area contributed by atoms with Gasteiger partial charge in [0.1, 0.15) is 17.3 Å². The third kappa shape index (κ3) is 3.03. The van der Waals surface area contributed by atoms with Gasteiger partial charge in [0, 0.05) is 22.9 Å². The van der Waals surface area contributed by atoms with Crippen molar-refractivity contribution in [2.45, 2.75) is 32.6 Å². The summed E-state index contributed by atoms with van der Waals surface area (Å²) in [6.07, 6.45) is 0.832. The largest absolute Gasteiger partial charge is 0.310 e. The Morgan fingerprint density at radius 1 is 1.32 bits per heavy atom. The van der Waals surface area contributed by atoms with Crippen molar-refractivity contribution in [2.75, 3.05) is 5.32 Å². The van der Waals surface area contributed by atoms with Crippen molar-refractivity contribution in [2.24, 2.45) is 0 Å². The van der Waals surface area contributed by atoms with E-state index in [2.05, 4.69) is 10.4 Å². The number of ketones is 1. The summed E-state index contributed by atoms with van der Waals surface area (Å²) < 4.78 is 28.8. The highest BCUT2D eigenvalue weighted by Gasteiger charge is 2.37. The van der Waals surface area contributed by atoms with Crippen molar-refractivity contribution < 1.29 is 18.4 Å². The van der Waals surface area contributed by atoms with E-state index in [0.29, 0.717) is 16.1 Å². The zero-order valence-corrected chi connectivity index (χ0v) is 16.1. The number of anilines is 1. The highest BCUT2D eigenvalue weighted by Crippen LogP contribution is 2.39. The molecule has 1 amide bonds. The van der Waals surface area contributed by atoms with Crippen molar-refractivity contribution in [3.63, 3.8) is 0 Å². The van der Waals surface area contributed by atoms with E-state index in [-0.39, 0.29) is 29.6 Å². The number of rotatable bonds is 4. The van der Waals surface area contributed by atoms with E-state index in [0.717, 1.165) is 23.4 Å². The lowest BCUT2D eigenvalue weighted by Gasteiger charge is -2.22. The first-order valence-corrected chi connectivity index (χ1v) is 9.68. The SMILES string of the molecule is CCc1ccc(C(=O)C2CC(=O)Nc3c2c(C)nn3-c2ccc(F)cc2F)s1. The number of hydrogen-bond donors (Lipinski definition) is 1. The van der Waals surface area contributed by atoms with Crippen LogP contribution >= 0.6 is 11.3 Å². The molecule has 3 aromatic rings. The molecular weight excluding hydrogens is 384 g/mol. The summed E-state index contributed by atoms with van der Waals surface area (Å²) in [6, 6.07) is 6.81. The Labute approximate surface area is 164 Å². The van der Waals surface area contributed by atoms with Gasteiger partial charge in [0.2, 0.25) is 5.91 Å². The lowest BCUT2D eigenvalue weighted by Crippen LogP contribution is -2.28. The summed E-state index contributed by atoms with van der Waals surface area (Å²) in [5, 5.41) is 7.02. The minimum absolute atomic E-state index is 0.00328. The highest BCUT2D eigenvalue weighted by molar-refractivity contribution is 7.14. The average Bonchev–Trinajstić information content (AvgIpc) is 3.26. The number of halogens is 2. The number of aromatic nitrogens is 2. The molecule has 1 unspecified atom stereocenters. The zero-order chi connectivity index (χ0) is 20.0. The number of nitrogens with one attached hydrogen (secondary N) is 1. The molecule has 0 spiro atoms. The Bertz CT molecular complexity index is 1100. The van der Waals surface area contributed by atoms with Crippen molar-refractivity contribution in [3.8, 4) is 5.69 Å². The van der Waals surface area contributed by atoms with Crippen LogP contribution in [-0.2, 0) is 11.2 Å². The molecule has 3 heterocycles. The summed E-state index contributed by atoms with van der Waals surface area (Å²) in [5.41, 5.74) is 1.09. The topological polar surface area (TPSA) is 64.0 Å². The summed E-state index contributed by atoms with van der Waals surface area (Å²) in [7, 11) is 0. The molecule has 0 radical (unpaired) electrons. The second-order valence-electron chi connectivity index (χ2n) is 6.64. The molecular formula is C20H17F2N3O2S. The molecule has 2 aromatic heterocycles. The monoisotopic (exact) mass is 401 g/mol. The first-order chi connectivity index (χ1) is 13.4. The molecule has 4 rings (SSSR count). The predicted octanol–water partition coefficient (Wildman–Crippen LogP) is 4.39. The molecule has 1 aliphatic heterocycles. The van der Waals surface area contributed by atoms with E-state index >= 15 is 0 Å². The maximum Gasteiger partial charge on any atom is 0.226 e. The fourth-order valence-corrected chi connectivity index (χ4v) is 4.41. The maximum atomic E-state index is 14.3. The van der Waals surface area contributed by atoms with Crippen LogP contribution in [0.3, 0.4) is 0 Å². The van der Waals surface area contributed by atoms with Crippen molar-refractivity contribution in [3.05, 3.63) is 63.0 Å². The molecule has 8 heteroatoms. The predicted molar refractivity (Wildman–Crippen MR) is 102 cm³/mol. The Morgan fingerprint density at radius 2 is 2.11 bits per heavy atom. The van der Waals surface area contributed by atoms with Crippen LogP contribution in [0.1, 0.15) is 45.1 Å². The normalized spacial score (nSPS) is 16.0. The standard InChI is InChI=1S/C20H17F2N3O2S/c1-3-12-5-7-16(28-12)19(27)13-9-17(26)23-20-18(13)10(2)24-25(20)15-6-4-11(21)8-14(15)22/h4-8,13H,3,9H2,1-2H3,(H,23,26). The van der Waals surface area contributed by atoms with E-state index in [1.165, 1.54) is 22.1 Å². The number of fused-ring (bicyclic) bond motifs is 1. The first kappa shape index (κ1) is 18.5. The molecule has 0 saturated heterocycles. The molecule has 144 valence electrons. The van der Waals surface area contributed by atoms with Gasteiger partial charge in [0.05, 0.1) is 16.5 Å². The Morgan fingerprint density at radius 3 is 2.79 bits per heavy atom. The van der Waals surface area contributed by atoms with Gasteiger partial charge < -0.3 is 5.32 Å². The molecule has 0 bridgehead atoms. The van der Waals surface area contributed by atoms with E-state index in [1.54, 1.807) is 13.0 Å². The van der Waals surface area contributed by atoms with Gasteiger partial charge >= 0.3 is 0 Å². The molecule has 1 atom stereocenters. The third-order valence-corrected chi connectivity index (χ3v) is 6.05. The van der Waals surface area contributed by atoms with Gasteiger partial charge in [-0.2, -0.15) is 5.10 Å². The Kier molecular flexibility index (Phi) is 4.58. The first-order valence-electron chi connectivity index (χ1n) is 8.86. The second-order valence-corrected chi connectivity index (χ2v) is 7.81. The van der Waals surface area contributed by atoms with Crippen molar-refractivity contribution in [1.82, 2.24) is 9.78 Å². The summed E-state index contributed by atoms with van der Waals surface area (Å²) >= 11 is 1.41. The molecule has 0 aliphatic carbocycles. The molecule has 0 saturated carbocycles. The number of amides is 1. The molecule has 1 N–H and O–H groups in total. The minimum atomic E-state index is -0.807. The third-order valence-electron chi connectivity index (χ3n) is 4.81. The Balaban J connectivity index is 1.82. The van der Waals surface area contributed by atoms with Gasteiger partial charge in [-0.15, -0.1) is 11.3 Å². The number of Topliss-reactive ketones (excluding diaryl/α,β-unsaturated/α-hetero) is 1. The minimum Gasteiger partial charge on any atom is -0.310 e. The van der Waals surface area contributed by atoms with Gasteiger partial charge in [0.15, 0.2) is 11.6 Å². The van der Waals surface area contributed by atoms with Crippen LogP contribution < -0.4 is 5.32 Å². The van der Waals surface area contributed by atoms with Crippen LogP contribution in [0.2, 0.25) is 0 Å². The van der Waals surface area contributed by atoms with Crippen LogP contribution in [0, 0.1) is 18.6 Å². The molecule has 5 nitrogen and oxygen atoms in total. The van der Waals surface area contributed by atoms with Gasteiger partial charge in [-0.3, -0.25) is 9.59 Å². The lowest BCUT2D eigenvalue weighted by atomic mass is 9.87. The van der Waals surface area contributed by atoms with E-state index < -0.39 is 17.6 Å². The van der Waals surface area contributed by atoms with Crippen molar-refractivity contribution in [1.29, 1.82) is 0 Å². The fraction of sp³-hybridized carbons (Fsp3) is 0.250. The smallest absolute Gasteiger partial charge is 0.226 e. The maximum absolute atomic E-state index is 14.3. The lowest BCUT2D eigenvalue weighted by molar-refractivity contribution is -0.116. The number of benzene rings is 1. The van der Waals surface area contributed by atoms with Crippen molar-refractivity contribution >= 4 is 28.8 Å². The van der Waals surface area contributed by atoms with Crippen LogP contribution in [0.4, 0.5) is 14.6 Å². The number of aryl methyl sites for hydroxylation is 2. The quantitative estimate of drug-likeness (QED) is 0.660. The number of nitrogens with zero attached hydrogens (tertiary/aromatic N) is 2. The zero-order valence-electron chi connectivity index (χ0n) is 15.3. The van der Waals surface area contributed by atoms with E-state index in [4.69, 9.17) is 0 Å². The number of hydrogen-bond acceptors (Lipinski definition) is 4. The van der Waals surface area contributed by atoms with Gasteiger partial charge in [0.25, 0.3) is 0 Å². The van der Waals surface area contributed by atoms with Crippen LogP contribution in [0.25, 0.3) is 5.69 Å². The summed E-state index contributed by atoms with van der Waals surface area (Å²) in [4.78, 5) is 27.1. The number of thiophene rings is 1. The van der Waals surface area contributed by atoms with Gasteiger partial charge in [-0.05, 0) is 37.6 Å². The second kappa shape index (κ2) is 6.94.